The molecule has 0 saturated heterocycles. The number of hydrogen-bond acceptors (Lipinski definition) is 2. The summed E-state index contributed by atoms with van der Waals surface area (Å²) in [5.74, 6) is 0. The van der Waals surface area contributed by atoms with E-state index in [9.17, 15) is 0 Å². The highest BCUT2D eigenvalue weighted by Crippen LogP contribution is 2.44. The lowest BCUT2D eigenvalue weighted by atomic mass is 9.86. The van der Waals surface area contributed by atoms with Crippen LogP contribution < -0.4 is 10.6 Å². The Kier molecular flexibility index (Phi) is 6.71. The number of anilines is 4. The molecular formula is C40H30N2. The molecule has 7 aromatic carbocycles. The summed E-state index contributed by atoms with van der Waals surface area (Å²) >= 11 is 0. The maximum Gasteiger partial charge on any atom is 0.0468 e. The molecule has 7 aromatic rings. The van der Waals surface area contributed by atoms with Gasteiger partial charge in [0.25, 0.3) is 0 Å². The zero-order valence-corrected chi connectivity index (χ0v) is 23.2. The molecule has 0 aliphatic carbocycles. The fourth-order valence-electron chi connectivity index (χ4n) is 5.82. The Morgan fingerprint density at radius 1 is 0.357 bits per heavy atom. The fraction of sp³-hybridized carbons (Fsp3) is 0. The van der Waals surface area contributed by atoms with Crippen LogP contribution >= 0.6 is 0 Å². The van der Waals surface area contributed by atoms with Gasteiger partial charge in [0.05, 0.1) is 0 Å². The SMILES string of the molecule is Nc1ccc(-c2ccc3cc(N(c4ccccc4)c4ccccc4)ccc3c2)c(-c2ccccc2)c1-c1ccccc1. The first-order valence-electron chi connectivity index (χ1n) is 14.2. The summed E-state index contributed by atoms with van der Waals surface area (Å²) in [6, 6.07) is 59.7. The van der Waals surface area contributed by atoms with Crippen molar-refractivity contribution in [2.24, 2.45) is 0 Å². The van der Waals surface area contributed by atoms with Crippen molar-refractivity contribution in [2.75, 3.05) is 10.6 Å². The molecule has 0 amide bonds. The van der Waals surface area contributed by atoms with Crippen LogP contribution in [0, 0.1) is 0 Å². The zero-order chi connectivity index (χ0) is 28.3. The van der Waals surface area contributed by atoms with E-state index in [-0.39, 0.29) is 0 Å². The summed E-state index contributed by atoms with van der Waals surface area (Å²) in [5.41, 5.74) is 17.6. The van der Waals surface area contributed by atoms with E-state index in [1.807, 2.05) is 12.1 Å². The van der Waals surface area contributed by atoms with Gasteiger partial charge < -0.3 is 10.6 Å². The number of benzene rings is 7. The molecule has 0 unspecified atom stereocenters. The molecule has 0 fully saturated rings. The molecule has 200 valence electrons. The normalized spacial score (nSPS) is 11.0. The van der Waals surface area contributed by atoms with E-state index in [4.69, 9.17) is 5.73 Å². The lowest BCUT2D eigenvalue weighted by Gasteiger charge is -2.25. The highest BCUT2D eigenvalue weighted by molar-refractivity contribution is 6.01. The van der Waals surface area contributed by atoms with Gasteiger partial charge in [-0.1, -0.05) is 121 Å². The van der Waals surface area contributed by atoms with Gasteiger partial charge in [0, 0.05) is 28.3 Å². The Labute approximate surface area is 246 Å². The average Bonchev–Trinajstić information content (AvgIpc) is 3.06. The highest BCUT2D eigenvalue weighted by Gasteiger charge is 2.18. The molecule has 2 nitrogen and oxygen atoms in total. The molecule has 2 heteroatoms. The standard InChI is InChI=1S/C40H30N2/c41-38-26-25-37(39(29-13-5-1-6-14-29)40(38)30-15-7-2-8-16-30)33-22-21-32-28-36(24-23-31(32)27-33)42(34-17-9-3-10-18-34)35-19-11-4-12-20-35/h1-28H,41H2. The van der Waals surface area contributed by atoms with E-state index in [1.54, 1.807) is 0 Å². The predicted octanol–water partition coefficient (Wildman–Crippen LogP) is 10.9. The van der Waals surface area contributed by atoms with E-state index in [0.29, 0.717) is 0 Å². The summed E-state index contributed by atoms with van der Waals surface area (Å²) < 4.78 is 0. The van der Waals surface area contributed by atoms with Gasteiger partial charge in [-0.25, -0.2) is 0 Å². The number of hydrogen-bond donors (Lipinski definition) is 1. The molecule has 0 atom stereocenters. The summed E-state index contributed by atoms with van der Waals surface area (Å²) in [6.07, 6.45) is 0. The molecule has 0 radical (unpaired) electrons. The first kappa shape index (κ1) is 25.4. The minimum Gasteiger partial charge on any atom is -0.398 e. The predicted molar refractivity (Wildman–Crippen MR) is 179 cm³/mol. The van der Waals surface area contributed by atoms with E-state index in [1.165, 1.54) is 10.8 Å². The Balaban J connectivity index is 1.37. The summed E-state index contributed by atoms with van der Waals surface area (Å²) in [6.45, 7) is 0. The molecule has 0 bridgehead atoms. The van der Waals surface area contributed by atoms with Crippen LogP contribution in [0.25, 0.3) is 44.2 Å². The molecule has 7 rings (SSSR count). The van der Waals surface area contributed by atoms with E-state index in [0.717, 1.165) is 56.1 Å². The van der Waals surface area contributed by atoms with E-state index < -0.39 is 0 Å². The van der Waals surface area contributed by atoms with Crippen LogP contribution in [0.15, 0.2) is 170 Å². The lowest BCUT2D eigenvalue weighted by molar-refractivity contribution is 1.29. The van der Waals surface area contributed by atoms with Gasteiger partial charge in [0.1, 0.15) is 0 Å². The molecule has 0 aromatic heterocycles. The Hall–Kier alpha value is -5.60. The maximum atomic E-state index is 6.66. The molecule has 42 heavy (non-hydrogen) atoms. The third kappa shape index (κ3) is 4.80. The smallest absolute Gasteiger partial charge is 0.0468 e. The minimum atomic E-state index is 0.774. The van der Waals surface area contributed by atoms with Crippen molar-refractivity contribution in [1.29, 1.82) is 0 Å². The van der Waals surface area contributed by atoms with Gasteiger partial charge >= 0.3 is 0 Å². The molecular weight excluding hydrogens is 508 g/mol. The van der Waals surface area contributed by atoms with Crippen LogP contribution in [0.3, 0.4) is 0 Å². The van der Waals surface area contributed by atoms with E-state index >= 15 is 0 Å². The largest absolute Gasteiger partial charge is 0.398 e. The van der Waals surface area contributed by atoms with Crippen LogP contribution in [-0.2, 0) is 0 Å². The maximum absolute atomic E-state index is 6.66. The number of nitrogen functional groups attached to an aromatic ring is 1. The van der Waals surface area contributed by atoms with Gasteiger partial charge in [-0.2, -0.15) is 0 Å². The van der Waals surface area contributed by atoms with Crippen molar-refractivity contribution >= 4 is 33.5 Å². The second-order valence-corrected chi connectivity index (χ2v) is 10.4. The van der Waals surface area contributed by atoms with Crippen LogP contribution in [0.5, 0.6) is 0 Å². The summed E-state index contributed by atoms with van der Waals surface area (Å²) in [5, 5.41) is 2.38. The van der Waals surface area contributed by atoms with Crippen molar-refractivity contribution in [1.82, 2.24) is 0 Å². The third-order valence-electron chi connectivity index (χ3n) is 7.78. The first-order chi connectivity index (χ1) is 20.8. The number of nitrogens with zero attached hydrogens (tertiary/aromatic N) is 1. The highest BCUT2D eigenvalue weighted by atomic mass is 15.1. The summed E-state index contributed by atoms with van der Waals surface area (Å²) in [7, 11) is 0. The van der Waals surface area contributed by atoms with Crippen LogP contribution in [0.4, 0.5) is 22.7 Å². The number of rotatable bonds is 6. The van der Waals surface area contributed by atoms with Crippen molar-refractivity contribution in [3.63, 3.8) is 0 Å². The number of para-hydroxylation sites is 2. The molecule has 2 N–H and O–H groups in total. The topological polar surface area (TPSA) is 29.3 Å². The number of nitrogens with two attached hydrogens (primary N) is 1. The van der Waals surface area contributed by atoms with Gasteiger partial charge in [-0.15, -0.1) is 0 Å². The Bertz CT molecular complexity index is 1930. The first-order valence-corrected chi connectivity index (χ1v) is 14.2. The van der Waals surface area contributed by atoms with Gasteiger partial charge in [0.15, 0.2) is 0 Å². The molecule has 0 heterocycles. The van der Waals surface area contributed by atoms with Gasteiger partial charge in [-0.3, -0.25) is 0 Å². The molecule has 0 aliphatic rings. The fourth-order valence-corrected chi connectivity index (χ4v) is 5.82. The monoisotopic (exact) mass is 538 g/mol. The zero-order valence-electron chi connectivity index (χ0n) is 23.2. The third-order valence-corrected chi connectivity index (χ3v) is 7.78. The van der Waals surface area contributed by atoms with Crippen molar-refractivity contribution in [3.8, 4) is 33.4 Å². The van der Waals surface area contributed by atoms with Crippen molar-refractivity contribution < 1.29 is 0 Å². The van der Waals surface area contributed by atoms with Crippen LogP contribution in [-0.4, -0.2) is 0 Å². The van der Waals surface area contributed by atoms with E-state index in [2.05, 4.69) is 163 Å². The summed E-state index contributed by atoms with van der Waals surface area (Å²) in [4.78, 5) is 2.30. The quantitative estimate of drug-likeness (QED) is 0.213. The van der Waals surface area contributed by atoms with Gasteiger partial charge in [-0.05, 0) is 87.1 Å². The number of fused-ring (bicyclic) bond motifs is 1. The second kappa shape index (κ2) is 11.1. The van der Waals surface area contributed by atoms with Crippen LogP contribution in [0.2, 0.25) is 0 Å². The molecule has 0 saturated carbocycles. The molecule has 0 spiro atoms. The van der Waals surface area contributed by atoms with Crippen molar-refractivity contribution in [2.45, 2.75) is 0 Å². The average molecular weight is 539 g/mol. The molecule has 0 aliphatic heterocycles. The van der Waals surface area contributed by atoms with Gasteiger partial charge in [0.2, 0.25) is 0 Å². The van der Waals surface area contributed by atoms with Crippen molar-refractivity contribution in [3.05, 3.63) is 170 Å². The lowest BCUT2D eigenvalue weighted by Crippen LogP contribution is -2.09. The Morgan fingerprint density at radius 3 is 1.45 bits per heavy atom. The van der Waals surface area contributed by atoms with Crippen LogP contribution in [0.1, 0.15) is 0 Å². The second-order valence-electron chi connectivity index (χ2n) is 10.4. The Morgan fingerprint density at radius 2 is 0.857 bits per heavy atom. The minimum absolute atomic E-state index is 0.774.